The van der Waals surface area contributed by atoms with Crippen molar-refractivity contribution in [2.24, 2.45) is 0 Å². The highest BCUT2D eigenvalue weighted by Crippen LogP contribution is 2.34. The van der Waals surface area contributed by atoms with Gasteiger partial charge in [-0.3, -0.25) is 14.2 Å². The van der Waals surface area contributed by atoms with Gasteiger partial charge >= 0.3 is 6.18 Å². The molecule has 0 aliphatic heterocycles. The van der Waals surface area contributed by atoms with Gasteiger partial charge in [-0.05, 0) is 42.5 Å². The molecule has 3 aromatic carbocycles. The fourth-order valence-corrected chi connectivity index (χ4v) is 4.82. The van der Waals surface area contributed by atoms with E-state index in [1.54, 1.807) is 24.3 Å². The molecule has 0 spiro atoms. The van der Waals surface area contributed by atoms with Gasteiger partial charge < -0.3 is 15.4 Å². The molecule has 214 valence electrons. The van der Waals surface area contributed by atoms with Gasteiger partial charge in [-0.1, -0.05) is 53.2 Å². The molecule has 0 aliphatic rings. The number of hydrogen-bond acceptors (Lipinski definition) is 6. The Balaban J connectivity index is 1.56. The minimum Gasteiger partial charge on any atom is -0.495 e. The second kappa shape index (κ2) is 12.8. The van der Waals surface area contributed by atoms with E-state index in [0.29, 0.717) is 11.4 Å². The number of hydrogen-bond donors (Lipinski definition) is 2. The summed E-state index contributed by atoms with van der Waals surface area (Å²) in [5.74, 6) is -1.90. The number of carbonyl (C=O) groups is 2. The highest BCUT2D eigenvalue weighted by atomic mass is 35.5. The largest absolute Gasteiger partial charge is 0.495 e. The first-order valence-electron chi connectivity index (χ1n) is 11.6. The van der Waals surface area contributed by atoms with E-state index in [2.05, 4.69) is 20.8 Å². The van der Waals surface area contributed by atoms with E-state index in [4.69, 9.17) is 27.9 Å². The van der Waals surface area contributed by atoms with Gasteiger partial charge in [0.15, 0.2) is 11.0 Å². The van der Waals surface area contributed by atoms with Crippen LogP contribution in [0.3, 0.4) is 0 Å². The van der Waals surface area contributed by atoms with Crippen molar-refractivity contribution in [3.8, 4) is 11.4 Å². The first kappa shape index (κ1) is 30.2. The first-order chi connectivity index (χ1) is 19.5. The van der Waals surface area contributed by atoms with Gasteiger partial charge in [0.25, 0.3) is 5.91 Å². The van der Waals surface area contributed by atoms with Crippen molar-refractivity contribution in [2.75, 3.05) is 18.2 Å². The number of nitrogens with zero attached hydrogens (tertiary/aromatic N) is 3. The molecule has 0 bridgehead atoms. The van der Waals surface area contributed by atoms with Gasteiger partial charge in [0, 0.05) is 0 Å². The summed E-state index contributed by atoms with van der Waals surface area (Å²) >= 11 is 12.9. The van der Waals surface area contributed by atoms with Crippen LogP contribution >= 0.6 is 35.0 Å². The number of anilines is 1. The molecule has 0 saturated heterocycles. The van der Waals surface area contributed by atoms with Crippen LogP contribution in [0.1, 0.15) is 21.7 Å². The van der Waals surface area contributed by atoms with Gasteiger partial charge in [0.05, 0.1) is 52.0 Å². The van der Waals surface area contributed by atoms with Gasteiger partial charge in [-0.2, -0.15) is 13.2 Å². The molecule has 41 heavy (non-hydrogen) atoms. The number of aromatic nitrogens is 3. The molecule has 4 rings (SSSR count). The molecule has 2 N–H and O–H groups in total. The normalized spacial score (nSPS) is 11.3. The van der Waals surface area contributed by atoms with Crippen LogP contribution in [0, 0.1) is 5.82 Å². The van der Waals surface area contributed by atoms with Crippen LogP contribution in [0.25, 0.3) is 5.69 Å². The summed E-state index contributed by atoms with van der Waals surface area (Å²) in [6.45, 7) is -0.207. The number of para-hydroxylation sites is 2. The maximum absolute atomic E-state index is 14.2. The average Bonchev–Trinajstić information content (AvgIpc) is 3.33. The number of halogens is 6. The van der Waals surface area contributed by atoms with E-state index in [0.717, 1.165) is 36.0 Å². The molecule has 0 aliphatic carbocycles. The average molecular weight is 628 g/mol. The lowest BCUT2D eigenvalue weighted by atomic mass is 10.2. The van der Waals surface area contributed by atoms with Crippen molar-refractivity contribution in [3.63, 3.8) is 0 Å². The van der Waals surface area contributed by atoms with Gasteiger partial charge in [0.2, 0.25) is 5.91 Å². The SMILES string of the molecule is COc1ccccc1-n1c(CNC(=O)c2c(F)cccc2Cl)nnc1SCC(=O)Nc1cc(C(F)(F)F)ccc1Cl. The molecule has 0 radical (unpaired) electrons. The summed E-state index contributed by atoms with van der Waals surface area (Å²) in [4.78, 5) is 25.3. The molecule has 1 heterocycles. The van der Waals surface area contributed by atoms with Crippen LogP contribution in [0.5, 0.6) is 5.75 Å². The zero-order chi connectivity index (χ0) is 29.7. The lowest BCUT2D eigenvalue weighted by molar-refractivity contribution is -0.137. The minimum absolute atomic E-state index is 0.0680. The van der Waals surface area contributed by atoms with Crippen LogP contribution in [0.2, 0.25) is 10.0 Å². The third-order valence-corrected chi connectivity index (χ3v) is 7.10. The summed E-state index contributed by atoms with van der Waals surface area (Å²) < 4.78 is 60.4. The molecule has 0 saturated carbocycles. The zero-order valence-corrected chi connectivity index (χ0v) is 23.3. The number of benzene rings is 3. The van der Waals surface area contributed by atoms with E-state index in [1.807, 2.05) is 0 Å². The summed E-state index contributed by atoms with van der Waals surface area (Å²) in [6, 6.07) is 13.3. The van der Waals surface area contributed by atoms with Gasteiger partial charge in [0.1, 0.15) is 11.6 Å². The smallest absolute Gasteiger partial charge is 0.416 e. The Labute approximate surface area is 245 Å². The Kier molecular flexibility index (Phi) is 9.41. The Hall–Kier alpha value is -3.81. The molecule has 0 unspecified atom stereocenters. The van der Waals surface area contributed by atoms with Crippen LogP contribution in [0.4, 0.5) is 23.2 Å². The van der Waals surface area contributed by atoms with Crippen LogP contribution in [-0.4, -0.2) is 39.4 Å². The Morgan fingerprint density at radius 3 is 2.49 bits per heavy atom. The number of carbonyl (C=O) groups excluding carboxylic acids is 2. The quantitative estimate of drug-likeness (QED) is 0.165. The monoisotopic (exact) mass is 627 g/mol. The summed E-state index contributed by atoms with van der Waals surface area (Å²) in [5, 5.41) is 13.2. The van der Waals surface area contributed by atoms with Gasteiger partial charge in [-0.15, -0.1) is 10.2 Å². The molecule has 0 atom stereocenters. The third-order valence-electron chi connectivity index (χ3n) is 5.52. The number of rotatable bonds is 9. The Bertz CT molecular complexity index is 1580. The number of thioether (sulfide) groups is 1. The maximum atomic E-state index is 14.2. The van der Waals surface area contributed by atoms with Crippen molar-refractivity contribution in [1.82, 2.24) is 20.1 Å². The molecule has 2 amide bonds. The second-order valence-corrected chi connectivity index (χ2v) is 9.97. The van der Waals surface area contributed by atoms with Crippen LogP contribution in [0.15, 0.2) is 65.8 Å². The minimum atomic E-state index is -4.62. The summed E-state index contributed by atoms with van der Waals surface area (Å²) in [5.41, 5.74) is -1.04. The number of methoxy groups -OCH3 is 1. The van der Waals surface area contributed by atoms with Crippen molar-refractivity contribution in [1.29, 1.82) is 0 Å². The summed E-state index contributed by atoms with van der Waals surface area (Å²) in [6.07, 6.45) is -4.62. The standard InChI is InChI=1S/C26H19Cl2F4N5O3S/c1-40-20-8-3-2-7-19(20)37-21(12-33-24(39)23-16(28)5-4-6-17(23)29)35-36-25(37)41-13-22(38)34-18-11-14(26(30,31)32)9-10-15(18)27/h2-11H,12-13H2,1H3,(H,33,39)(H,34,38). The summed E-state index contributed by atoms with van der Waals surface area (Å²) in [7, 11) is 1.45. The van der Waals surface area contributed by atoms with Crippen molar-refractivity contribution >= 4 is 52.5 Å². The van der Waals surface area contributed by atoms with Crippen LogP contribution in [-0.2, 0) is 17.5 Å². The van der Waals surface area contributed by atoms with Crippen molar-refractivity contribution in [2.45, 2.75) is 17.9 Å². The number of ether oxygens (including phenoxy) is 1. The van der Waals surface area contributed by atoms with E-state index < -0.39 is 29.4 Å². The molecule has 4 aromatic rings. The number of amides is 2. The topological polar surface area (TPSA) is 98.1 Å². The van der Waals surface area contributed by atoms with E-state index in [1.165, 1.54) is 23.8 Å². The second-order valence-electron chi connectivity index (χ2n) is 8.21. The lowest BCUT2D eigenvalue weighted by Crippen LogP contribution is -2.26. The molecular formula is C26H19Cl2F4N5O3S. The van der Waals surface area contributed by atoms with Crippen molar-refractivity contribution < 1.29 is 31.9 Å². The highest BCUT2D eigenvalue weighted by molar-refractivity contribution is 7.99. The molecule has 15 heteroatoms. The Morgan fingerprint density at radius 1 is 1.02 bits per heavy atom. The predicted molar refractivity (Wildman–Crippen MR) is 146 cm³/mol. The van der Waals surface area contributed by atoms with Crippen LogP contribution < -0.4 is 15.4 Å². The molecule has 0 fully saturated rings. The maximum Gasteiger partial charge on any atom is 0.416 e. The lowest BCUT2D eigenvalue weighted by Gasteiger charge is -2.14. The molecule has 1 aromatic heterocycles. The van der Waals surface area contributed by atoms with Crippen molar-refractivity contribution in [3.05, 3.63) is 93.5 Å². The van der Waals surface area contributed by atoms with E-state index >= 15 is 0 Å². The van der Waals surface area contributed by atoms with E-state index in [9.17, 15) is 27.2 Å². The number of alkyl halides is 3. The van der Waals surface area contributed by atoms with Gasteiger partial charge in [-0.25, -0.2) is 4.39 Å². The highest BCUT2D eigenvalue weighted by Gasteiger charge is 2.31. The van der Waals surface area contributed by atoms with E-state index in [-0.39, 0.29) is 44.6 Å². The number of nitrogens with one attached hydrogen (secondary N) is 2. The first-order valence-corrected chi connectivity index (χ1v) is 13.3. The zero-order valence-electron chi connectivity index (χ0n) is 20.9. The molecule has 8 nitrogen and oxygen atoms in total. The fraction of sp³-hybridized carbons (Fsp3) is 0.154. The fourth-order valence-electron chi connectivity index (χ4n) is 3.64. The third kappa shape index (κ3) is 7.10. The predicted octanol–water partition coefficient (Wildman–Crippen LogP) is 6.40. The molecular weight excluding hydrogens is 609 g/mol. The Morgan fingerprint density at radius 2 is 1.78 bits per heavy atom.